The Morgan fingerprint density at radius 1 is 0.909 bits per heavy atom. The van der Waals surface area contributed by atoms with Crippen LogP contribution in [0.15, 0.2) is 24.3 Å². The fourth-order valence-electron chi connectivity index (χ4n) is 6.59. The first-order valence-electron chi connectivity index (χ1n) is 13.9. The molecule has 1 saturated heterocycles. The molecular weight excluding hydrogens is 408 g/mol. The molecule has 1 unspecified atom stereocenters. The molecule has 1 heterocycles. The van der Waals surface area contributed by atoms with E-state index in [0.29, 0.717) is 11.5 Å². The van der Waals surface area contributed by atoms with E-state index in [1.54, 1.807) is 0 Å². The van der Waals surface area contributed by atoms with E-state index in [1.807, 2.05) is 24.3 Å². The molecule has 4 heteroatoms. The second-order valence-corrected chi connectivity index (χ2v) is 11.1. The second kappa shape index (κ2) is 12.2. The molecular formula is C29H46N2O2. The van der Waals surface area contributed by atoms with E-state index in [0.717, 1.165) is 31.6 Å². The fourth-order valence-corrected chi connectivity index (χ4v) is 6.59. The van der Waals surface area contributed by atoms with Crippen molar-refractivity contribution in [1.82, 2.24) is 10.2 Å². The van der Waals surface area contributed by atoms with Crippen LogP contribution in [0.2, 0.25) is 0 Å². The normalized spacial score (nSPS) is 24.8. The lowest BCUT2D eigenvalue weighted by Gasteiger charge is -2.48. The van der Waals surface area contributed by atoms with Crippen molar-refractivity contribution < 1.29 is 9.53 Å². The summed E-state index contributed by atoms with van der Waals surface area (Å²) >= 11 is 0. The van der Waals surface area contributed by atoms with Crippen molar-refractivity contribution in [2.75, 3.05) is 13.2 Å². The molecule has 1 aromatic rings. The number of ether oxygens (including phenoxy) is 1. The molecule has 0 bridgehead atoms. The Labute approximate surface area is 201 Å². The summed E-state index contributed by atoms with van der Waals surface area (Å²) in [5.41, 5.74) is 1.62. The third-order valence-electron chi connectivity index (χ3n) is 8.55. The van der Waals surface area contributed by atoms with Crippen LogP contribution in [0.4, 0.5) is 0 Å². The molecule has 2 saturated carbocycles. The van der Waals surface area contributed by atoms with Gasteiger partial charge in [-0.1, -0.05) is 81.9 Å². The number of carbonyl (C=O) groups is 1. The van der Waals surface area contributed by atoms with E-state index in [4.69, 9.17) is 4.74 Å². The van der Waals surface area contributed by atoms with Gasteiger partial charge in [-0.2, -0.15) is 0 Å². The van der Waals surface area contributed by atoms with Gasteiger partial charge in [-0.3, -0.25) is 10.1 Å². The summed E-state index contributed by atoms with van der Waals surface area (Å²) in [7, 11) is 0. The standard InChI is InChI=1S/C29H46N2O2/c1-24-14-16-26(17-15-24)33-23-28(32)31(25-12-8-7-9-13-25)27-22-29(20-21-30-27)18-10-5-3-2-4-6-11-19-29/h14-17,25,27,30H,2-13,18-23H2,1H3. The predicted octanol–water partition coefficient (Wildman–Crippen LogP) is 6.76. The Hall–Kier alpha value is -1.55. The SMILES string of the molecule is Cc1ccc(OCC(=O)N(C2CCCCC2)C2CC3(CCCCCCCCC3)CCN2)cc1. The summed E-state index contributed by atoms with van der Waals surface area (Å²) in [6, 6.07) is 8.40. The van der Waals surface area contributed by atoms with E-state index in [1.165, 1.54) is 89.0 Å². The quantitative estimate of drug-likeness (QED) is 0.535. The summed E-state index contributed by atoms with van der Waals surface area (Å²) in [5.74, 6) is 0.954. The first kappa shape index (κ1) is 24.6. The molecule has 2 aliphatic carbocycles. The number of nitrogens with zero attached hydrogens (tertiary/aromatic N) is 1. The number of benzene rings is 1. The van der Waals surface area contributed by atoms with Crippen molar-refractivity contribution in [3.63, 3.8) is 0 Å². The smallest absolute Gasteiger partial charge is 0.262 e. The number of amides is 1. The van der Waals surface area contributed by atoms with Crippen molar-refractivity contribution in [1.29, 1.82) is 0 Å². The van der Waals surface area contributed by atoms with E-state index < -0.39 is 0 Å². The number of hydrogen-bond acceptors (Lipinski definition) is 3. The van der Waals surface area contributed by atoms with Gasteiger partial charge in [0.2, 0.25) is 0 Å². The van der Waals surface area contributed by atoms with Crippen LogP contribution in [0.5, 0.6) is 5.75 Å². The maximum atomic E-state index is 13.6. The van der Waals surface area contributed by atoms with E-state index in [-0.39, 0.29) is 18.7 Å². The molecule has 1 amide bonds. The highest BCUT2D eigenvalue weighted by atomic mass is 16.5. The number of rotatable bonds is 5. The molecule has 184 valence electrons. The highest BCUT2D eigenvalue weighted by Crippen LogP contribution is 2.43. The Balaban J connectivity index is 1.46. The Bertz CT molecular complexity index is 716. The van der Waals surface area contributed by atoms with Gasteiger partial charge in [0.25, 0.3) is 5.91 Å². The van der Waals surface area contributed by atoms with Gasteiger partial charge >= 0.3 is 0 Å². The van der Waals surface area contributed by atoms with Crippen LogP contribution in [0.25, 0.3) is 0 Å². The second-order valence-electron chi connectivity index (χ2n) is 11.1. The van der Waals surface area contributed by atoms with Crippen molar-refractivity contribution in [3.8, 4) is 5.75 Å². The zero-order valence-corrected chi connectivity index (χ0v) is 21.0. The first-order valence-corrected chi connectivity index (χ1v) is 13.9. The summed E-state index contributed by atoms with van der Waals surface area (Å²) in [6.07, 6.45) is 21.0. The first-order chi connectivity index (χ1) is 16.2. The molecule has 33 heavy (non-hydrogen) atoms. The van der Waals surface area contributed by atoms with Crippen LogP contribution in [0, 0.1) is 12.3 Å². The largest absolute Gasteiger partial charge is 0.484 e. The molecule has 0 radical (unpaired) electrons. The molecule has 3 fully saturated rings. The molecule has 1 spiro atoms. The van der Waals surface area contributed by atoms with Gasteiger partial charge in [-0.05, 0) is 69.5 Å². The number of aryl methyl sites for hydroxylation is 1. The number of piperidine rings is 1. The predicted molar refractivity (Wildman–Crippen MR) is 135 cm³/mol. The lowest BCUT2D eigenvalue weighted by Crippen LogP contribution is -2.59. The Kier molecular flexibility index (Phi) is 9.11. The molecule has 0 aromatic heterocycles. The molecule has 3 aliphatic rings. The van der Waals surface area contributed by atoms with E-state index in [2.05, 4.69) is 17.1 Å². The third-order valence-corrected chi connectivity index (χ3v) is 8.55. The zero-order valence-electron chi connectivity index (χ0n) is 21.0. The van der Waals surface area contributed by atoms with Crippen molar-refractivity contribution in [2.24, 2.45) is 5.41 Å². The van der Waals surface area contributed by atoms with E-state index in [9.17, 15) is 4.79 Å². The van der Waals surface area contributed by atoms with Crippen molar-refractivity contribution >= 4 is 5.91 Å². The molecule has 4 rings (SSSR count). The van der Waals surface area contributed by atoms with Gasteiger partial charge in [0, 0.05) is 6.04 Å². The molecule has 1 atom stereocenters. The maximum absolute atomic E-state index is 13.6. The lowest BCUT2D eigenvalue weighted by molar-refractivity contribution is -0.142. The summed E-state index contributed by atoms with van der Waals surface area (Å²) < 4.78 is 5.97. The summed E-state index contributed by atoms with van der Waals surface area (Å²) in [4.78, 5) is 15.9. The highest BCUT2D eigenvalue weighted by Gasteiger charge is 2.41. The summed E-state index contributed by atoms with van der Waals surface area (Å²) in [5, 5.41) is 3.79. The van der Waals surface area contributed by atoms with Gasteiger partial charge in [0.15, 0.2) is 6.61 Å². The fraction of sp³-hybridized carbons (Fsp3) is 0.759. The minimum Gasteiger partial charge on any atom is -0.484 e. The van der Waals surface area contributed by atoms with Crippen LogP contribution in [-0.4, -0.2) is 36.2 Å². The highest BCUT2D eigenvalue weighted by molar-refractivity contribution is 5.78. The average molecular weight is 455 g/mol. The van der Waals surface area contributed by atoms with Gasteiger partial charge < -0.3 is 9.64 Å². The zero-order chi connectivity index (χ0) is 22.9. The molecule has 1 aliphatic heterocycles. The molecule has 1 aromatic carbocycles. The lowest BCUT2D eigenvalue weighted by atomic mass is 9.69. The van der Waals surface area contributed by atoms with Crippen LogP contribution < -0.4 is 10.1 Å². The van der Waals surface area contributed by atoms with Crippen LogP contribution in [0.1, 0.15) is 108 Å². The van der Waals surface area contributed by atoms with Crippen LogP contribution >= 0.6 is 0 Å². The van der Waals surface area contributed by atoms with Gasteiger partial charge in [0.1, 0.15) is 5.75 Å². The van der Waals surface area contributed by atoms with E-state index >= 15 is 0 Å². The van der Waals surface area contributed by atoms with Crippen molar-refractivity contribution in [2.45, 2.75) is 122 Å². The topological polar surface area (TPSA) is 41.6 Å². The minimum atomic E-state index is 0.144. The van der Waals surface area contributed by atoms with Gasteiger partial charge in [-0.15, -0.1) is 0 Å². The number of carbonyl (C=O) groups excluding carboxylic acids is 1. The maximum Gasteiger partial charge on any atom is 0.262 e. The Morgan fingerprint density at radius 3 is 2.18 bits per heavy atom. The molecule has 4 nitrogen and oxygen atoms in total. The number of nitrogens with one attached hydrogen (secondary N) is 1. The average Bonchev–Trinajstić information content (AvgIpc) is 2.84. The van der Waals surface area contributed by atoms with Crippen LogP contribution in [0.3, 0.4) is 0 Å². The van der Waals surface area contributed by atoms with Gasteiger partial charge in [-0.25, -0.2) is 0 Å². The monoisotopic (exact) mass is 454 g/mol. The number of hydrogen-bond donors (Lipinski definition) is 1. The van der Waals surface area contributed by atoms with Crippen molar-refractivity contribution in [3.05, 3.63) is 29.8 Å². The van der Waals surface area contributed by atoms with Gasteiger partial charge in [0.05, 0.1) is 6.17 Å². The minimum absolute atomic E-state index is 0.144. The molecule has 1 N–H and O–H groups in total. The third kappa shape index (κ3) is 6.97. The Morgan fingerprint density at radius 2 is 1.52 bits per heavy atom. The summed E-state index contributed by atoms with van der Waals surface area (Å²) in [6.45, 7) is 3.26. The van der Waals surface area contributed by atoms with Crippen LogP contribution in [-0.2, 0) is 4.79 Å².